The fourth-order valence-corrected chi connectivity index (χ4v) is 8.61. The van der Waals surface area contributed by atoms with Crippen LogP contribution in [-0.2, 0) is 28.6 Å². The Morgan fingerprint density at radius 3 is 2.31 bits per heavy atom. The van der Waals surface area contributed by atoms with E-state index in [0.29, 0.717) is 51.6 Å². The maximum Gasteiger partial charge on any atom is 0.420 e. The van der Waals surface area contributed by atoms with Crippen molar-refractivity contribution in [1.29, 1.82) is 0 Å². The number of phenols is 1. The van der Waals surface area contributed by atoms with Crippen molar-refractivity contribution in [3.8, 4) is 5.75 Å². The zero-order chi connectivity index (χ0) is 34.0. The van der Waals surface area contributed by atoms with Gasteiger partial charge in [0.15, 0.2) is 0 Å². The molecule has 48 heavy (non-hydrogen) atoms. The first-order chi connectivity index (χ1) is 23.0. The highest BCUT2D eigenvalue weighted by Gasteiger charge is 2.38. The summed E-state index contributed by atoms with van der Waals surface area (Å²) >= 11 is 7.57. The lowest BCUT2D eigenvalue weighted by atomic mass is 9.91. The quantitative estimate of drug-likeness (QED) is 0.386. The van der Waals surface area contributed by atoms with Gasteiger partial charge in [-0.25, -0.2) is 4.79 Å². The van der Waals surface area contributed by atoms with Crippen LogP contribution in [0.5, 0.6) is 5.75 Å². The van der Waals surface area contributed by atoms with Gasteiger partial charge in [-0.3, -0.25) is 14.5 Å². The van der Waals surface area contributed by atoms with Crippen molar-refractivity contribution in [3.63, 3.8) is 0 Å². The number of benzene rings is 1. The Morgan fingerprint density at radius 2 is 1.62 bits per heavy atom. The molecule has 4 amide bonds. The number of fused-ring (bicyclic) bond motifs is 1. The predicted molar refractivity (Wildman–Crippen MR) is 177 cm³/mol. The summed E-state index contributed by atoms with van der Waals surface area (Å²) in [7, 11) is 0. The highest BCUT2D eigenvalue weighted by atomic mass is 35.5. The number of carbonyl (C=O) groups excluding carboxylic acids is 3. The molecule has 1 aromatic heterocycles. The minimum Gasteiger partial charge on any atom is -0.506 e. The predicted octanol–water partition coefficient (Wildman–Crippen LogP) is 4.65. The van der Waals surface area contributed by atoms with E-state index in [4.69, 9.17) is 11.6 Å². The van der Waals surface area contributed by atoms with Gasteiger partial charge in [0.25, 0.3) is 0 Å². The molecule has 4 aliphatic rings. The second-order valence-corrected chi connectivity index (χ2v) is 14.4. The molecule has 4 aliphatic heterocycles. The van der Waals surface area contributed by atoms with Gasteiger partial charge in [0.05, 0.1) is 22.2 Å². The van der Waals surface area contributed by atoms with Crippen LogP contribution in [-0.4, -0.2) is 114 Å². The number of nitrogens with zero attached hydrogens (tertiary/aromatic N) is 4. The number of rotatable bonds is 7. The molecule has 6 rings (SSSR count). The number of thiophene rings is 1. The number of anilines is 1. The summed E-state index contributed by atoms with van der Waals surface area (Å²) in [6.07, 6.45) is -1.61. The maximum atomic E-state index is 14.0. The molecule has 0 saturated carbocycles. The number of carbonyl (C=O) groups is 3. The number of likely N-dealkylation sites (tertiary alicyclic amines) is 2. The number of nitrogens with one attached hydrogen (secondary N) is 2. The van der Waals surface area contributed by atoms with E-state index < -0.39 is 28.4 Å². The minimum atomic E-state index is -4.84. The van der Waals surface area contributed by atoms with Crippen LogP contribution in [0.15, 0.2) is 22.9 Å². The summed E-state index contributed by atoms with van der Waals surface area (Å²) in [5.74, 6) is -2.46. The van der Waals surface area contributed by atoms with Gasteiger partial charge in [-0.15, -0.1) is 11.3 Å². The molecule has 3 N–H and O–H groups in total. The van der Waals surface area contributed by atoms with Gasteiger partial charge < -0.3 is 30.4 Å². The molecule has 1 aromatic carbocycles. The van der Waals surface area contributed by atoms with Crippen molar-refractivity contribution in [2.45, 2.75) is 63.2 Å². The maximum absolute atomic E-state index is 14.0. The second kappa shape index (κ2) is 14.8. The monoisotopic (exact) mass is 710 g/mol. The van der Waals surface area contributed by atoms with E-state index in [0.717, 1.165) is 62.8 Å². The molecule has 1 atom stereocenters. The fourth-order valence-electron chi connectivity index (χ4n) is 7.55. The lowest BCUT2D eigenvalue weighted by Gasteiger charge is -2.41. The summed E-state index contributed by atoms with van der Waals surface area (Å²) < 4.78 is 41.1. The lowest BCUT2D eigenvalue weighted by Crippen LogP contribution is -2.53. The highest BCUT2D eigenvalue weighted by Crippen LogP contribution is 2.41. The summed E-state index contributed by atoms with van der Waals surface area (Å²) in [4.78, 5) is 48.4. The van der Waals surface area contributed by atoms with E-state index >= 15 is 0 Å². The van der Waals surface area contributed by atoms with Crippen LogP contribution < -0.4 is 10.6 Å². The minimum absolute atomic E-state index is 0.0314. The number of alkyl halides is 3. The van der Waals surface area contributed by atoms with Crippen LogP contribution >= 0.6 is 22.9 Å². The summed E-state index contributed by atoms with van der Waals surface area (Å²) in [6, 6.07) is 2.25. The fraction of sp³-hybridized carbons (Fsp3) is 0.606. The summed E-state index contributed by atoms with van der Waals surface area (Å²) in [6.45, 7) is 6.19. The second-order valence-electron chi connectivity index (χ2n) is 13.2. The summed E-state index contributed by atoms with van der Waals surface area (Å²) in [5.41, 5.74) is 0.825. The van der Waals surface area contributed by atoms with Crippen LogP contribution in [0.2, 0.25) is 5.02 Å². The van der Waals surface area contributed by atoms with Gasteiger partial charge in [0, 0.05) is 82.8 Å². The molecule has 0 spiro atoms. The zero-order valence-corrected chi connectivity index (χ0v) is 28.3. The molecule has 2 aromatic rings. The first kappa shape index (κ1) is 34.8. The van der Waals surface area contributed by atoms with Gasteiger partial charge in [-0.1, -0.05) is 11.6 Å². The highest BCUT2D eigenvalue weighted by molar-refractivity contribution is 7.08. The van der Waals surface area contributed by atoms with Gasteiger partial charge >= 0.3 is 12.2 Å². The number of phenolic OH excluding ortho intramolecular Hbond substituents is 1. The van der Waals surface area contributed by atoms with Crippen molar-refractivity contribution >= 4 is 46.5 Å². The number of piperazine rings is 1. The Morgan fingerprint density at radius 1 is 0.958 bits per heavy atom. The third-order valence-electron chi connectivity index (χ3n) is 10.2. The lowest BCUT2D eigenvalue weighted by molar-refractivity contribution is -0.143. The van der Waals surface area contributed by atoms with E-state index in [1.807, 2.05) is 15.7 Å². The van der Waals surface area contributed by atoms with Crippen molar-refractivity contribution < 1.29 is 32.7 Å². The molecule has 0 unspecified atom stereocenters. The van der Waals surface area contributed by atoms with E-state index in [1.165, 1.54) is 6.07 Å². The van der Waals surface area contributed by atoms with Gasteiger partial charge in [0.1, 0.15) is 5.75 Å². The topological polar surface area (TPSA) is 108 Å². The smallest absolute Gasteiger partial charge is 0.420 e. The van der Waals surface area contributed by atoms with E-state index in [1.54, 1.807) is 21.1 Å². The number of aromatic hydroxyl groups is 1. The van der Waals surface area contributed by atoms with E-state index in [2.05, 4.69) is 15.5 Å². The molecule has 0 radical (unpaired) electrons. The molecule has 10 nitrogen and oxygen atoms in total. The Labute approximate surface area is 287 Å². The number of halogens is 4. The zero-order valence-electron chi connectivity index (χ0n) is 26.7. The van der Waals surface area contributed by atoms with E-state index in [9.17, 15) is 32.7 Å². The van der Waals surface area contributed by atoms with Gasteiger partial charge in [0.2, 0.25) is 11.8 Å². The summed E-state index contributed by atoms with van der Waals surface area (Å²) in [5, 5.41) is 19.9. The average molecular weight is 711 g/mol. The molecule has 15 heteroatoms. The Hall–Kier alpha value is -3.07. The van der Waals surface area contributed by atoms with Crippen LogP contribution in [0, 0.1) is 5.92 Å². The molecular weight excluding hydrogens is 669 g/mol. The number of urea groups is 1. The molecule has 0 aliphatic carbocycles. The van der Waals surface area contributed by atoms with Crippen molar-refractivity contribution in [3.05, 3.63) is 44.6 Å². The van der Waals surface area contributed by atoms with E-state index in [-0.39, 0.29) is 42.3 Å². The number of hydrogen-bond donors (Lipinski definition) is 3. The van der Waals surface area contributed by atoms with Crippen molar-refractivity contribution in [2.24, 2.45) is 5.92 Å². The van der Waals surface area contributed by atoms with Crippen LogP contribution in [0.1, 0.15) is 48.8 Å². The normalized spacial score (nSPS) is 21.1. The van der Waals surface area contributed by atoms with Crippen LogP contribution in [0.4, 0.5) is 23.7 Å². The molecule has 3 saturated heterocycles. The molecular formula is C33H42ClF3N6O4S. The Kier molecular flexibility index (Phi) is 10.7. The number of amides is 4. The van der Waals surface area contributed by atoms with Gasteiger partial charge in [-0.05, 0) is 67.2 Å². The largest absolute Gasteiger partial charge is 0.506 e. The third kappa shape index (κ3) is 7.87. The standard InChI is InChI=1S/C33H42ClF3N6O4S/c34-27-17-21(16-26(30(27)45)33(35,36)37)15-23(31(46)42-10-2-24(3-11-42)40-13-6-38-7-14-40)18-29(44)41-8-4-25(5-9-41)43-12-1-22-19-48-20-28(22)39-32(43)47/h16-17,19-20,23-25,38,45H,1-15,18H2,(H,39,47)/t23-/m0/s1. The molecule has 262 valence electrons. The van der Waals surface area contributed by atoms with Gasteiger partial charge in [-0.2, -0.15) is 13.2 Å². The number of piperidine rings is 2. The van der Waals surface area contributed by atoms with Crippen LogP contribution in [0.3, 0.4) is 0 Å². The third-order valence-corrected chi connectivity index (χ3v) is 11.3. The SMILES string of the molecule is O=C(C[C@H](Cc1cc(Cl)c(O)c(C(F)(F)F)c1)C(=O)N1CCC(N2CCNCC2)CC1)N1CCC(N2CCc3cscc3NC2=O)CC1. The van der Waals surface area contributed by atoms with Crippen LogP contribution in [0.25, 0.3) is 0 Å². The first-order valence-corrected chi connectivity index (χ1v) is 18.0. The Balaban J connectivity index is 1.12. The van der Waals surface area contributed by atoms with Crippen molar-refractivity contribution in [1.82, 2.24) is 24.9 Å². The molecule has 0 bridgehead atoms. The Bertz CT molecular complexity index is 1490. The average Bonchev–Trinajstić information content (AvgIpc) is 3.45. The first-order valence-electron chi connectivity index (χ1n) is 16.7. The number of hydrogen-bond acceptors (Lipinski definition) is 7. The molecule has 3 fully saturated rings. The van der Waals surface area contributed by atoms with Crippen molar-refractivity contribution in [2.75, 3.05) is 64.2 Å². The molecule has 5 heterocycles.